The molecule has 0 radical (unpaired) electrons. The highest BCUT2D eigenvalue weighted by Gasteiger charge is 2.33. The fraction of sp³-hybridized carbons (Fsp3) is 0.346. The molecule has 4 rings (SSSR count). The minimum Gasteiger partial charge on any atom is -0.465 e. The number of carboxylic acid groups (broad SMARTS) is 1. The molecule has 3 N–H and O–H groups in total. The molecule has 0 saturated carbocycles. The fourth-order valence-electron chi connectivity index (χ4n) is 3.92. The molecular weight excluding hydrogens is 476 g/mol. The number of hydrogen-bond acceptors (Lipinski definition) is 6. The Morgan fingerprint density at radius 2 is 1.94 bits per heavy atom. The Balaban J connectivity index is 1.49. The number of imidazole rings is 1. The summed E-state index contributed by atoms with van der Waals surface area (Å²) in [6.45, 7) is 8.74. The van der Waals surface area contributed by atoms with E-state index in [2.05, 4.69) is 25.3 Å². The summed E-state index contributed by atoms with van der Waals surface area (Å²) in [4.78, 5) is 42.9. The number of carbonyl (C=O) groups is 2. The number of aryl methyl sites for hydroxylation is 1. The molecule has 1 unspecified atom stereocenters. The maximum absolute atomic E-state index is 12.8. The molecule has 0 saturated heterocycles. The molecule has 0 bridgehead atoms. The van der Waals surface area contributed by atoms with Crippen molar-refractivity contribution < 1.29 is 14.7 Å². The Morgan fingerprint density at radius 3 is 2.64 bits per heavy atom. The zero-order chi connectivity index (χ0) is 25.9. The van der Waals surface area contributed by atoms with Crippen molar-refractivity contribution in [1.82, 2.24) is 30.2 Å². The number of carbonyl (C=O) groups excluding carboxylic acids is 1. The molecule has 10 heteroatoms. The van der Waals surface area contributed by atoms with Gasteiger partial charge >= 0.3 is 6.09 Å². The van der Waals surface area contributed by atoms with Gasteiger partial charge in [0, 0.05) is 24.0 Å². The van der Waals surface area contributed by atoms with Crippen molar-refractivity contribution in [3.05, 3.63) is 75.8 Å². The van der Waals surface area contributed by atoms with Gasteiger partial charge in [-0.15, -0.1) is 11.3 Å². The molecule has 2 amide bonds. The van der Waals surface area contributed by atoms with E-state index in [0.29, 0.717) is 18.1 Å². The number of pyridine rings is 1. The maximum Gasteiger partial charge on any atom is 0.407 e. The molecule has 0 aliphatic rings. The van der Waals surface area contributed by atoms with Crippen LogP contribution in [0.15, 0.2) is 48.0 Å². The molecule has 9 nitrogen and oxygen atoms in total. The van der Waals surface area contributed by atoms with E-state index >= 15 is 0 Å². The molecule has 1 aromatic carbocycles. The summed E-state index contributed by atoms with van der Waals surface area (Å²) in [5.41, 5.74) is 3.48. The summed E-state index contributed by atoms with van der Waals surface area (Å²) < 4.78 is 0. The number of nitrogens with zero attached hydrogens (tertiary/aromatic N) is 4. The van der Waals surface area contributed by atoms with Crippen LogP contribution >= 0.6 is 11.3 Å². The topological polar surface area (TPSA) is 124 Å². The second-order valence-corrected chi connectivity index (χ2v) is 10.7. The lowest BCUT2D eigenvalue weighted by Gasteiger charge is -2.32. The summed E-state index contributed by atoms with van der Waals surface area (Å²) in [5, 5.41) is 15.3. The summed E-state index contributed by atoms with van der Waals surface area (Å²) in [7, 11) is 0. The fourth-order valence-corrected chi connectivity index (χ4v) is 5.06. The van der Waals surface area contributed by atoms with Crippen molar-refractivity contribution >= 4 is 34.4 Å². The number of para-hydroxylation sites is 2. The van der Waals surface area contributed by atoms with E-state index in [4.69, 9.17) is 0 Å². The second-order valence-electron chi connectivity index (χ2n) is 9.80. The maximum atomic E-state index is 12.8. The van der Waals surface area contributed by atoms with Gasteiger partial charge in [0.1, 0.15) is 11.5 Å². The smallest absolute Gasteiger partial charge is 0.407 e. The molecular formula is C26H30N6O3S. The predicted molar refractivity (Wildman–Crippen MR) is 139 cm³/mol. The summed E-state index contributed by atoms with van der Waals surface area (Å²) in [6, 6.07) is 11.4. The van der Waals surface area contributed by atoms with Crippen molar-refractivity contribution in [3.8, 4) is 0 Å². The van der Waals surface area contributed by atoms with Crippen molar-refractivity contribution in [3.63, 3.8) is 0 Å². The highest BCUT2D eigenvalue weighted by atomic mass is 32.1. The highest BCUT2D eigenvalue weighted by molar-refractivity contribution is 7.10. The molecule has 0 fully saturated rings. The molecule has 3 aromatic heterocycles. The van der Waals surface area contributed by atoms with Crippen molar-refractivity contribution in [2.75, 3.05) is 6.54 Å². The van der Waals surface area contributed by atoms with Gasteiger partial charge in [0.15, 0.2) is 0 Å². The third kappa shape index (κ3) is 5.88. The molecule has 3 heterocycles. The molecule has 0 aliphatic carbocycles. The van der Waals surface area contributed by atoms with Crippen LogP contribution in [0.5, 0.6) is 0 Å². The first kappa shape index (κ1) is 25.3. The Morgan fingerprint density at radius 1 is 1.17 bits per heavy atom. The van der Waals surface area contributed by atoms with Crippen LogP contribution in [0.4, 0.5) is 4.79 Å². The third-order valence-electron chi connectivity index (χ3n) is 6.08. The van der Waals surface area contributed by atoms with Crippen LogP contribution in [0, 0.1) is 12.3 Å². The second kappa shape index (κ2) is 10.4. The minimum absolute atomic E-state index is 0.124. The average Bonchev–Trinajstić information content (AvgIpc) is 3.47. The number of hydrogen-bond donors (Lipinski definition) is 3. The quantitative estimate of drug-likeness (QED) is 0.310. The molecule has 188 valence electrons. The number of aromatic amines is 1. The van der Waals surface area contributed by atoms with E-state index in [1.165, 1.54) is 16.2 Å². The zero-order valence-corrected chi connectivity index (χ0v) is 21.6. The Labute approximate surface area is 213 Å². The predicted octanol–water partition coefficient (Wildman–Crippen LogP) is 4.96. The van der Waals surface area contributed by atoms with Crippen LogP contribution in [0.25, 0.3) is 11.0 Å². The summed E-state index contributed by atoms with van der Waals surface area (Å²) in [5.74, 6) is 0.0745. The summed E-state index contributed by atoms with van der Waals surface area (Å²) >= 11 is 1.37. The van der Waals surface area contributed by atoms with E-state index in [-0.39, 0.29) is 30.3 Å². The number of fused-ring (bicyclic) bond motifs is 1. The van der Waals surface area contributed by atoms with E-state index < -0.39 is 6.09 Å². The first-order chi connectivity index (χ1) is 17.1. The molecule has 0 spiro atoms. The highest BCUT2D eigenvalue weighted by Crippen LogP contribution is 2.37. The van der Waals surface area contributed by atoms with Gasteiger partial charge in [0.2, 0.25) is 0 Å². The van der Waals surface area contributed by atoms with Crippen molar-refractivity contribution in [2.24, 2.45) is 5.41 Å². The number of amides is 2. The van der Waals surface area contributed by atoms with Gasteiger partial charge in [-0.1, -0.05) is 39.0 Å². The number of H-pyrrole nitrogens is 1. The number of rotatable bonds is 8. The molecule has 4 aromatic rings. The van der Waals surface area contributed by atoms with Gasteiger partial charge in [-0.2, -0.15) is 0 Å². The van der Waals surface area contributed by atoms with E-state index in [0.717, 1.165) is 27.3 Å². The SMILES string of the molecule is Cc1cccnc1CNC(=O)c1csc(C(CN(Cc2nc3ccccc3[nH]2)C(=O)O)C(C)(C)C)n1. The van der Waals surface area contributed by atoms with E-state index in [1.54, 1.807) is 11.6 Å². The monoisotopic (exact) mass is 506 g/mol. The normalized spacial score (nSPS) is 12.4. The van der Waals surface area contributed by atoms with Crippen LogP contribution in [-0.4, -0.2) is 48.5 Å². The molecule has 0 aliphatic heterocycles. The van der Waals surface area contributed by atoms with Crippen molar-refractivity contribution in [1.29, 1.82) is 0 Å². The lowest BCUT2D eigenvalue weighted by molar-refractivity contribution is 0.0944. The zero-order valence-electron chi connectivity index (χ0n) is 20.8. The van der Waals surface area contributed by atoms with Gasteiger partial charge < -0.3 is 20.3 Å². The van der Waals surface area contributed by atoms with Crippen LogP contribution in [0.3, 0.4) is 0 Å². The largest absolute Gasteiger partial charge is 0.465 e. The van der Waals surface area contributed by atoms with Crippen LogP contribution in [-0.2, 0) is 13.1 Å². The Hall–Kier alpha value is -3.79. The van der Waals surface area contributed by atoms with Gasteiger partial charge in [0.05, 0.1) is 34.8 Å². The minimum atomic E-state index is -1.04. The molecule has 1 atom stereocenters. The van der Waals surface area contributed by atoms with Gasteiger partial charge in [-0.05, 0) is 36.1 Å². The van der Waals surface area contributed by atoms with Gasteiger partial charge in [0.25, 0.3) is 5.91 Å². The number of nitrogens with one attached hydrogen (secondary N) is 2. The lowest BCUT2D eigenvalue weighted by Crippen LogP contribution is -2.37. The molecule has 36 heavy (non-hydrogen) atoms. The Bertz CT molecular complexity index is 1340. The van der Waals surface area contributed by atoms with E-state index in [1.807, 2.05) is 64.1 Å². The van der Waals surface area contributed by atoms with Crippen molar-refractivity contribution in [2.45, 2.75) is 46.7 Å². The summed E-state index contributed by atoms with van der Waals surface area (Å²) in [6.07, 6.45) is 0.660. The number of benzene rings is 1. The van der Waals surface area contributed by atoms with Crippen LogP contribution < -0.4 is 5.32 Å². The van der Waals surface area contributed by atoms with E-state index in [9.17, 15) is 14.7 Å². The Kier molecular flexibility index (Phi) is 7.35. The lowest BCUT2D eigenvalue weighted by atomic mass is 9.80. The van der Waals surface area contributed by atoms with Crippen LogP contribution in [0.2, 0.25) is 0 Å². The number of aromatic nitrogens is 4. The first-order valence-electron chi connectivity index (χ1n) is 11.7. The third-order valence-corrected chi connectivity index (χ3v) is 7.04. The number of thiazole rings is 1. The standard InChI is InChI=1S/C26H30N6O3S/c1-16-8-7-11-27-20(16)12-28-23(33)21-15-36-24(31-21)17(26(2,3)4)13-32(25(34)35)14-22-29-18-9-5-6-10-19(18)30-22/h5-11,15,17H,12-14H2,1-4H3,(H,28,33)(H,29,30)(H,34,35). The average molecular weight is 507 g/mol. The first-order valence-corrected chi connectivity index (χ1v) is 12.6. The van der Waals surface area contributed by atoms with Gasteiger partial charge in [-0.3, -0.25) is 9.78 Å². The van der Waals surface area contributed by atoms with Crippen LogP contribution in [0.1, 0.15) is 59.3 Å². The van der Waals surface area contributed by atoms with Gasteiger partial charge in [-0.25, -0.2) is 14.8 Å².